The van der Waals surface area contributed by atoms with Crippen LogP contribution in [0.15, 0.2) is 16.8 Å². The highest BCUT2D eigenvalue weighted by Gasteiger charge is 2.32. The lowest BCUT2D eigenvalue weighted by atomic mass is 10.3. The Kier molecular flexibility index (Phi) is 3.70. The first-order valence-corrected chi connectivity index (χ1v) is 8.07. The molecule has 1 aliphatic carbocycles. The summed E-state index contributed by atoms with van der Waals surface area (Å²) in [6.45, 7) is 4.02. The molecule has 2 aromatic rings. The van der Waals surface area contributed by atoms with Gasteiger partial charge in [-0.2, -0.15) is 11.3 Å². The number of nitrogens with zero attached hydrogens (tertiary/aromatic N) is 3. The predicted octanol–water partition coefficient (Wildman–Crippen LogP) is 3.58. The third-order valence-corrected chi connectivity index (χ3v) is 4.41. The number of H-pyrrole nitrogens is 1. The molecular formula is C13H18N4S2. The van der Waals surface area contributed by atoms with Gasteiger partial charge in [0.2, 0.25) is 5.95 Å². The Morgan fingerprint density at radius 1 is 1.58 bits per heavy atom. The number of hydrogen-bond acceptors (Lipinski definition) is 4. The molecule has 1 N–H and O–H groups in total. The van der Waals surface area contributed by atoms with Crippen molar-refractivity contribution in [3.8, 4) is 0 Å². The van der Waals surface area contributed by atoms with Gasteiger partial charge in [-0.3, -0.25) is 4.57 Å². The van der Waals surface area contributed by atoms with Gasteiger partial charge in [-0.05, 0) is 53.9 Å². The molecule has 4 nitrogen and oxygen atoms in total. The van der Waals surface area contributed by atoms with Crippen molar-refractivity contribution in [3.63, 3.8) is 0 Å². The lowest BCUT2D eigenvalue weighted by molar-refractivity contribution is 0.637. The topological polar surface area (TPSA) is 36.9 Å². The smallest absolute Gasteiger partial charge is 0.226 e. The first kappa shape index (κ1) is 12.9. The summed E-state index contributed by atoms with van der Waals surface area (Å²) in [5.41, 5.74) is 1.36. The Labute approximate surface area is 122 Å². The summed E-state index contributed by atoms with van der Waals surface area (Å²) in [5.74, 6) is 1.00. The van der Waals surface area contributed by atoms with E-state index < -0.39 is 0 Å². The van der Waals surface area contributed by atoms with Gasteiger partial charge in [0.05, 0.1) is 0 Å². The van der Waals surface area contributed by atoms with Crippen molar-refractivity contribution in [2.75, 3.05) is 4.90 Å². The lowest BCUT2D eigenvalue weighted by Gasteiger charge is -2.23. The van der Waals surface area contributed by atoms with Crippen molar-refractivity contribution in [2.24, 2.45) is 0 Å². The third kappa shape index (κ3) is 2.74. The predicted molar refractivity (Wildman–Crippen MR) is 81.2 cm³/mol. The summed E-state index contributed by atoms with van der Waals surface area (Å²) in [6.07, 6.45) is 3.59. The molecule has 0 unspecified atom stereocenters. The van der Waals surface area contributed by atoms with Crippen molar-refractivity contribution >= 4 is 29.5 Å². The van der Waals surface area contributed by atoms with Crippen LogP contribution in [0.4, 0.5) is 5.95 Å². The lowest BCUT2D eigenvalue weighted by Crippen LogP contribution is -2.28. The largest absolute Gasteiger partial charge is 0.334 e. The van der Waals surface area contributed by atoms with Gasteiger partial charge < -0.3 is 4.90 Å². The number of rotatable bonds is 6. The van der Waals surface area contributed by atoms with E-state index in [9.17, 15) is 0 Å². The van der Waals surface area contributed by atoms with Gasteiger partial charge in [0.1, 0.15) is 0 Å². The van der Waals surface area contributed by atoms with Crippen molar-refractivity contribution in [1.82, 2.24) is 14.8 Å². The van der Waals surface area contributed by atoms with Crippen molar-refractivity contribution < 1.29 is 0 Å². The van der Waals surface area contributed by atoms with E-state index in [1.54, 1.807) is 11.3 Å². The highest BCUT2D eigenvalue weighted by atomic mass is 32.1. The fourth-order valence-corrected chi connectivity index (χ4v) is 3.16. The van der Waals surface area contributed by atoms with Crippen molar-refractivity contribution in [2.45, 2.75) is 45.3 Å². The first-order chi connectivity index (χ1) is 9.29. The average molecular weight is 294 g/mol. The highest BCUT2D eigenvalue weighted by Crippen LogP contribution is 2.32. The van der Waals surface area contributed by atoms with E-state index in [0.717, 1.165) is 30.2 Å². The molecular weight excluding hydrogens is 276 g/mol. The summed E-state index contributed by atoms with van der Waals surface area (Å²) in [5, 5.41) is 11.7. The Bertz CT molecular complexity index is 580. The molecule has 0 radical (unpaired) electrons. The standard InChI is InChI=1S/C13H18N4S2/c1-2-6-16-12(14-15-13(16)18)17(11-3-4-11)8-10-5-7-19-9-10/h5,7,9,11H,2-4,6,8H2,1H3,(H,15,18). The minimum Gasteiger partial charge on any atom is -0.334 e. The van der Waals surface area contributed by atoms with E-state index >= 15 is 0 Å². The Morgan fingerprint density at radius 3 is 3.05 bits per heavy atom. The molecule has 1 fully saturated rings. The van der Waals surface area contributed by atoms with Gasteiger partial charge >= 0.3 is 0 Å². The Morgan fingerprint density at radius 2 is 2.42 bits per heavy atom. The second kappa shape index (κ2) is 5.46. The van der Waals surface area contributed by atoms with Crippen LogP contribution >= 0.6 is 23.6 Å². The fraction of sp³-hybridized carbons (Fsp3) is 0.538. The van der Waals surface area contributed by atoms with E-state index in [-0.39, 0.29) is 0 Å². The second-order valence-corrected chi connectivity index (χ2v) is 6.14. The fourth-order valence-electron chi connectivity index (χ4n) is 2.28. The molecule has 102 valence electrons. The molecule has 1 aliphatic rings. The molecule has 2 heterocycles. The van der Waals surface area contributed by atoms with Crippen LogP contribution in [0.3, 0.4) is 0 Å². The molecule has 0 amide bonds. The number of anilines is 1. The van der Waals surface area contributed by atoms with E-state index in [2.05, 4.69) is 43.4 Å². The van der Waals surface area contributed by atoms with Crippen molar-refractivity contribution in [1.29, 1.82) is 0 Å². The molecule has 1 saturated carbocycles. The molecule has 0 spiro atoms. The van der Waals surface area contributed by atoms with Gasteiger partial charge in [0.25, 0.3) is 0 Å². The van der Waals surface area contributed by atoms with E-state index in [1.807, 2.05) is 0 Å². The average Bonchev–Trinajstić information content (AvgIpc) is 3.01. The summed E-state index contributed by atoms with van der Waals surface area (Å²) in [6, 6.07) is 2.81. The van der Waals surface area contributed by atoms with E-state index in [4.69, 9.17) is 12.2 Å². The van der Waals surface area contributed by atoms with Gasteiger partial charge in [-0.1, -0.05) is 6.92 Å². The third-order valence-electron chi connectivity index (χ3n) is 3.36. The van der Waals surface area contributed by atoms with Gasteiger partial charge in [0, 0.05) is 19.1 Å². The van der Waals surface area contributed by atoms with E-state index in [1.165, 1.54) is 18.4 Å². The van der Waals surface area contributed by atoms with Crippen LogP contribution in [0.5, 0.6) is 0 Å². The molecule has 19 heavy (non-hydrogen) atoms. The molecule has 0 saturated heterocycles. The number of hydrogen-bond donors (Lipinski definition) is 1. The number of aromatic amines is 1. The maximum atomic E-state index is 5.33. The SMILES string of the molecule is CCCn1c(N(Cc2ccsc2)C2CC2)n[nH]c1=S. The summed E-state index contributed by atoms with van der Waals surface area (Å²) in [7, 11) is 0. The number of aromatic nitrogens is 3. The van der Waals surface area contributed by atoms with Crippen LogP contribution in [-0.4, -0.2) is 20.8 Å². The Hall–Kier alpha value is -1.14. The number of nitrogens with one attached hydrogen (secondary N) is 1. The summed E-state index contributed by atoms with van der Waals surface area (Å²) >= 11 is 7.08. The molecule has 0 aliphatic heterocycles. The molecule has 0 bridgehead atoms. The van der Waals surface area contributed by atoms with Crippen LogP contribution in [0.2, 0.25) is 0 Å². The molecule has 0 atom stereocenters. The molecule has 0 aromatic carbocycles. The maximum absolute atomic E-state index is 5.33. The van der Waals surface area contributed by atoms with Crippen molar-refractivity contribution in [3.05, 3.63) is 27.2 Å². The quantitative estimate of drug-likeness (QED) is 0.827. The number of thiophene rings is 1. The normalized spacial score (nSPS) is 14.8. The van der Waals surface area contributed by atoms with Gasteiger partial charge in [0.15, 0.2) is 4.77 Å². The Balaban J connectivity index is 1.89. The molecule has 2 aromatic heterocycles. The summed E-state index contributed by atoms with van der Waals surface area (Å²) in [4.78, 5) is 2.39. The van der Waals surface area contributed by atoms with Crippen LogP contribution in [0, 0.1) is 4.77 Å². The van der Waals surface area contributed by atoms with Crippen LogP contribution in [0.1, 0.15) is 31.7 Å². The first-order valence-electron chi connectivity index (χ1n) is 6.72. The highest BCUT2D eigenvalue weighted by molar-refractivity contribution is 7.71. The van der Waals surface area contributed by atoms with Crippen LogP contribution in [0.25, 0.3) is 0 Å². The monoisotopic (exact) mass is 294 g/mol. The summed E-state index contributed by atoms with van der Waals surface area (Å²) < 4.78 is 2.85. The molecule has 6 heteroatoms. The van der Waals surface area contributed by atoms with Gasteiger partial charge in [-0.25, -0.2) is 5.10 Å². The van der Waals surface area contributed by atoms with Crippen LogP contribution < -0.4 is 4.90 Å². The minimum atomic E-state index is 0.626. The zero-order valence-corrected chi connectivity index (χ0v) is 12.6. The second-order valence-electron chi connectivity index (χ2n) is 4.97. The zero-order chi connectivity index (χ0) is 13.2. The van der Waals surface area contributed by atoms with Crippen LogP contribution in [-0.2, 0) is 13.1 Å². The maximum Gasteiger partial charge on any atom is 0.226 e. The minimum absolute atomic E-state index is 0.626. The zero-order valence-electron chi connectivity index (χ0n) is 11.0. The van der Waals surface area contributed by atoms with E-state index in [0.29, 0.717) is 6.04 Å². The van der Waals surface area contributed by atoms with Gasteiger partial charge in [-0.15, -0.1) is 5.10 Å². The molecule has 3 rings (SSSR count).